The molecule has 1 aliphatic heterocycles. The first-order valence-electron chi connectivity index (χ1n) is 19.5. The van der Waals surface area contributed by atoms with Gasteiger partial charge >= 0.3 is 0 Å². The van der Waals surface area contributed by atoms with Crippen LogP contribution in [-0.4, -0.2) is 4.57 Å². The summed E-state index contributed by atoms with van der Waals surface area (Å²) >= 11 is 0. The molecule has 3 nitrogen and oxygen atoms in total. The minimum Gasteiger partial charge on any atom is -0.452 e. The molecule has 0 aliphatic carbocycles. The van der Waals surface area contributed by atoms with Crippen LogP contribution < -0.4 is 9.64 Å². The molecule has 0 saturated heterocycles. The fourth-order valence-electron chi connectivity index (χ4n) is 9.00. The molecule has 0 bridgehead atoms. The second-order valence-corrected chi connectivity index (χ2v) is 14.9. The van der Waals surface area contributed by atoms with Gasteiger partial charge in [-0.15, -0.1) is 0 Å². The Morgan fingerprint density at radius 3 is 1.81 bits per heavy atom. The predicted molar refractivity (Wildman–Crippen MR) is 239 cm³/mol. The first-order valence-corrected chi connectivity index (χ1v) is 19.5. The van der Waals surface area contributed by atoms with Gasteiger partial charge < -0.3 is 14.2 Å². The Hall–Kier alpha value is -7.62. The molecular formula is C54H34N2O. The Morgan fingerprint density at radius 1 is 0.316 bits per heavy atom. The highest BCUT2D eigenvalue weighted by molar-refractivity contribution is 6.11. The SMILES string of the molecule is c1cc(-c2ccc3ccccc3c2)cc(-n2c3ccccc3c3cc(-c4ccc5c(c4)Oc4c(ccc6ccccc46)N5c4cccc5ccccc45)ccc32)c1. The minimum atomic E-state index is 0.831. The zero-order chi connectivity index (χ0) is 37.5. The number of aromatic nitrogens is 1. The lowest BCUT2D eigenvalue weighted by Crippen LogP contribution is -2.16. The molecule has 1 aromatic heterocycles. The summed E-state index contributed by atoms with van der Waals surface area (Å²) < 4.78 is 9.36. The number of hydrogen-bond acceptors (Lipinski definition) is 2. The topological polar surface area (TPSA) is 17.4 Å². The Morgan fingerprint density at radius 2 is 0.912 bits per heavy atom. The molecule has 0 spiro atoms. The van der Waals surface area contributed by atoms with Crippen molar-refractivity contribution in [1.29, 1.82) is 0 Å². The van der Waals surface area contributed by atoms with Crippen molar-refractivity contribution in [3.63, 3.8) is 0 Å². The molecule has 10 aromatic carbocycles. The zero-order valence-corrected chi connectivity index (χ0v) is 30.9. The number of ether oxygens (including phenoxy) is 1. The average Bonchev–Trinajstić information content (AvgIpc) is 3.61. The third-order valence-corrected chi connectivity index (χ3v) is 11.7. The normalized spacial score (nSPS) is 12.3. The Balaban J connectivity index is 0.999. The largest absolute Gasteiger partial charge is 0.452 e. The number of nitrogens with zero attached hydrogens (tertiary/aromatic N) is 2. The molecule has 11 aromatic rings. The quantitative estimate of drug-likeness (QED) is 0.180. The Bertz CT molecular complexity index is 3410. The summed E-state index contributed by atoms with van der Waals surface area (Å²) in [5.41, 5.74) is 11.3. The van der Waals surface area contributed by atoms with Crippen LogP contribution in [0.3, 0.4) is 0 Å². The number of anilines is 3. The van der Waals surface area contributed by atoms with Crippen molar-refractivity contribution < 1.29 is 4.74 Å². The van der Waals surface area contributed by atoms with Crippen molar-refractivity contribution >= 4 is 71.2 Å². The van der Waals surface area contributed by atoms with E-state index in [1.165, 1.54) is 54.5 Å². The average molecular weight is 727 g/mol. The third-order valence-electron chi connectivity index (χ3n) is 11.7. The maximum atomic E-state index is 6.96. The van der Waals surface area contributed by atoms with Gasteiger partial charge in [0.15, 0.2) is 11.5 Å². The van der Waals surface area contributed by atoms with E-state index >= 15 is 0 Å². The van der Waals surface area contributed by atoms with Crippen molar-refractivity contribution in [3.8, 4) is 39.4 Å². The number of hydrogen-bond donors (Lipinski definition) is 0. The van der Waals surface area contributed by atoms with Crippen LogP contribution >= 0.6 is 0 Å². The van der Waals surface area contributed by atoms with E-state index in [1.807, 2.05) is 0 Å². The van der Waals surface area contributed by atoms with E-state index in [0.29, 0.717) is 0 Å². The molecule has 0 fully saturated rings. The van der Waals surface area contributed by atoms with Crippen molar-refractivity contribution in [2.75, 3.05) is 4.90 Å². The van der Waals surface area contributed by atoms with Gasteiger partial charge in [-0.2, -0.15) is 0 Å². The van der Waals surface area contributed by atoms with Crippen LogP contribution in [0.4, 0.5) is 17.1 Å². The van der Waals surface area contributed by atoms with Crippen molar-refractivity contribution in [2.24, 2.45) is 0 Å². The third kappa shape index (κ3) is 4.99. The molecule has 2 heterocycles. The number of para-hydroxylation sites is 1. The van der Waals surface area contributed by atoms with Crippen LogP contribution in [-0.2, 0) is 0 Å². The van der Waals surface area contributed by atoms with Gasteiger partial charge in [-0.3, -0.25) is 0 Å². The maximum absolute atomic E-state index is 6.96. The lowest BCUT2D eigenvalue weighted by Gasteiger charge is -2.34. The molecule has 57 heavy (non-hydrogen) atoms. The van der Waals surface area contributed by atoms with Gasteiger partial charge in [0.1, 0.15) is 0 Å². The molecule has 0 saturated carbocycles. The van der Waals surface area contributed by atoms with Gasteiger partial charge in [0.05, 0.1) is 28.1 Å². The van der Waals surface area contributed by atoms with Crippen molar-refractivity contribution in [2.45, 2.75) is 0 Å². The zero-order valence-electron chi connectivity index (χ0n) is 30.9. The van der Waals surface area contributed by atoms with Crippen LogP contribution in [0.25, 0.3) is 82.1 Å². The van der Waals surface area contributed by atoms with Gasteiger partial charge in [0, 0.05) is 27.2 Å². The van der Waals surface area contributed by atoms with Crippen LogP contribution in [0, 0.1) is 0 Å². The van der Waals surface area contributed by atoms with E-state index in [-0.39, 0.29) is 0 Å². The lowest BCUT2D eigenvalue weighted by atomic mass is 9.99. The van der Waals surface area contributed by atoms with E-state index in [2.05, 4.69) is 216 Å². The smallest absolute Gasteiger partial charge is 0.159 e. The first-order chi connectivity index (χ1) is 28.2. The molecule has 0 amide bonds. The number of rotatable bonds is 4. The fourth-order valence-corrected chi connectivity index (χ4v) is 9.00. The lowest BCUT2D eigenvalue weighted by molar-refractivity contribution is 0.483. The molecule has 266 valence electrons. The summed E-state index contributed by atoms with van der Waals surface area (Å²) in [6.07, 6.45) is 0. The summed E-state index contributed by atoms with van der Waals surface area (Å²) in [5, 5.41) is 9.58. The number of benzene rings is 10. The van der Waals surface area contributed by atoms with Gasteiger partial charge in [0.2, 0.25) is 0 Å². The summed E-state index contributed by atoms with van der Waals surface area (Å²) in [5.74, 6) is 1.70. The minimum absolute atomic E-state index is 0.831. The number of fused-ring (bicyclic) bond motifs is 9. The second-order valence-electron chi connectivity index (χ2n) is 14.9. The van der Waals surface area contributed by atoms with Gasteiger partial charge in [0.25, 0.3) is 0 Å². The fraction of sp³-hybridized carbons (Fsp3) is 0. The van der Waals surface area contributed by atoms with E-state index in [0.717, 1.165) is 56.1 Å². The van der Waals surface area contributed by atoms with E-state index < -0.39 is 0 Å². The molecule has 0 atom stereocenters. The van der Waals surface area contributed by atoms with E-state index in [1.54, 1.807) is 0 Å². The van der Waals surface area contributed by atoms with E-state index in [4.69, 9.17) is 4.74 Å². The van der Waals surface area contributed by atoms with Crippen LogP contribution in [0.5, 0.6) is 11.5 Å². The maximum Gasteiger partial charge on any atom is 0.159 e. The van der Waals surface area contributed by atoms with Crippen molar-refractivity contribution in [1.82, 2.24) is 4.57 Å². The molecule has 0 N–H and O–H groups in total. The first kappa shape index (κ1) is 31.7. The highest BCUT2D eigenvalue weighted by Crippen LogP contribution is 2.54. The molecule has 12 rings (SSSR count). The molecule has 0 unspecified atom stereocenters. The Labute approximate surface area is 329 Å². The summed E-state index contributed by atoms with van der Waals surface area (Å²) in [6.45, 7) is 0. The van der Waals surface area contributed by atoms with Gasteiger partial charge in [-0.05, 0) is 104 Å². The molecule has 3 heteroatoms. The van der Waals surface area contributed by atoms with Gasteiger partial charge in [-0.1, -0.05) is 146 Å². The van der Waals surface area contributed by atoms with Crippen LogP contribution in [0.1, 0.15) is 0 Å². The molecule has 1 aliphatic rings. The second kappa shape index (κ2) is 12.5. The van der Waals surface area contributed by atoms with Crippen LogP contribution in [0.15, 0.2) is 206 Å². The predicted octanol–water partition coefficient (Wildman–Crippen LogP) is 15.2. The summed E-state index contributed by atoms with van der Waals surface area (Å²) in [7, 11) is 0. The molecular weight excluding hydrogens is 693 g/mol. The monoisotopic (exact) mass is 726 g/mol. The van der Waals surface area contributed by atoms with Gasteiger partial charge in [-0.25, -0.2) is 0 Å². The standard InChI is InChI=1S/C54H34N2O/c1-2-14-38-31-40(24-23-35(38)11-1)39-16-9-17-43(32-39)55-49-21-8-7-20-46(49)47-33-41(26-28-50(47)55)42-27-29-51-53(34-42)57-54-45-19-6-4-13-37(45)25-30-52(54)56(51)48-22-10-15-36-12-3-5-18-44(36)48/h1-34H. The highest BCUT2D eigenvalue weighted by atomic mass is 16.5. The summed E-state index contributed by atoms with van der Waals surface area (Å²) in [6, 6.07) is 74.5. The van der Waals surface area contributed by atoms with Crippen molar-refractivity contribution in [3.05, 3.63) is 206 Å². The summed E-state index contributed by atoms with van der Waals surface area (Å²) in [4.78, 5) is 2.37. The molecule has 0 radical (unpaired) electrons. The Kier molecular flexibility index (Phi) is 6.93. The van der Waals surface area contributed by atoms with Crippen LogP contribution in [0.2, 0.25) is 0 Å². The highest BCUT2D eigenvalue weighted by Gasteiger charge is 2.29. The van der Waals surface area contributed by atoms with E-state index in [9.17, 15) is 0 Å².